The monoisotopic (exact) mass is 180 g/mol. The van der Waals surface area contributed by atoms with Crippen LogP contribution in [0.2, 0.25) is 0 Å². The molecule has 0 unspecified atom stereocenters. The molecular weight excluding hydrogens is 165 g/mol. The molecule has 0 heterocycles. The zero-order valence-electron chi connectivity index (χ0n) is 7.70. The van der Waals surface area contributed by atoms with Crippen molar-refractivity contribution in [3.63, 3.8) is 0 Å². The van der Waals surface area contributed by atoms with E-state index in [0.29, 0.717) is 6.42 Å². The third-order valence-electron chi connectivity index (χ3n) is 1.44. The van der Waals surface area contributed by atoms with E-state index in [2.05, 4.69) is 0 Å². The molecule has 0 amide bonds. The minimum atomic E-state index is -4.14. The Labute approximate surface area is 71.5 Å². The lowest BCUT2D eigenvalue weighted by Crippen LogP contribution is -2.13. The molecule has 0 atom stereocenters. The van der Waals surface area contributed by atoms with Gasteiger partial charge in [-0.25, -0.2) is 0 Å². The summed E-state index contributed by atoms with van der Waals surface area (Å²) in [5.74, 6) is 0.0597. The topological polar surface area (TPSA) is 0 Å². The Morgan fingerprint density at radius 2 is 1.83 bits per heavy atom. The summed E-state index contributed by atoms with van der Waals surface area (Å²) in [6, 6.07) is 0. The molecule has 0 aliphatic rings. The molecule has 0 saturated carbocycles. The van der Waals surface area contributed by atoms with Gasteiger partial charge in [0, 0.05) is 5.57 Å². The van der Waals surface area contributed by atoms with Crippen molar-refractivity contribution in [2.45, 2.75) is 39.8 Å². The van der Waals surface area contributed by atoms with Crippen molar-refractivity contribution in [3.8, 4) is 0 Å². The molecule has 3 heteroatoms. The largest absolute Gasteiger partial charge is 0.412 e. The van der Waals surface area contributed by atoms with Crippen molar-refractivity contribution in [1.82, 2.24) is 0 Å². The van der Waals surface area contributed by atoms with Gasteiger partial charge in [-0.15, -0.1) is 0 Å². The molecule has 0 rings (SSSR count). The van der Waals surface area contributed by atoms with Gasteiger partial charge in [0.05, 0.1) is 0 Å². The van der Waals surface area contributed by atoms with Crippen LogP contribution in [0.4, 0.5) is 13.2 Å². The molecule has 0 N–H and O–H groups in total. The van der Waals surface area contributed by atoms with Crippen LogP contribution in [-0.4, -0.2) is 6.18 Å². The zero-order chi connectivity index (χ0) is 9.78. The molecule has 0 spiro atoms. The molecule has 0 bridgehead atoms. The van der Waals surface area contributed by atoms with Crippen LogP contribution in [0.5, 0.6) is 0 Å². The Kier molecular flexibility index (Phi) is 4.35. The fourth-order valence-corrected chi connectivity index (χ4v) is 1.00. The van der Waals surface area contributed by atoms with Gasteiger partial charge in [-0.1, -0.05) is 26.8 Å². The maximum Gasteiger partial charge on any atom is 0.412 e. The molecule has 0 saturated heterocycles. The molecule has 0 nitrogen and oxygen atoms in total. The fraction of sp³-hybridized carbons (Fsp3) is 0.778. The summed E-state index contributed by atoms with van der Waals surface area (Å²) in [5.41, 5.74) is -0.389. The first-order valence-corrected chi connectivity index (χ1v) is 4.14. The highest BCUT2D eigenvalue weighted by atomic mass is 19.4. The van der Waals surface area contributed by atoms with Gasteiger partial charge < -0.3 is 0 Å². The number of alkyl halides is 3. The molecule has 0 aromatic heterocycles. The first-order chi connectivity index (χ1) is 5.38. The predicted octanol–water partition coefficient (Wildman–Crippen LogP) is 3.93. The van der Waals surface area contributed by atoms with Gasteiger partial charge in [0.25, 0.3) is 0 Å². The first-order valence-electron chi connectivity index (χ1n) is 4.14. The maximum absolute atomic E-state index is 12.2. The van der Waals surface area contributed by atoms with E-state index in [1.807, 2.05) is 0 Å². The second kappa shape index (κ2) is 4.53. The van der Waals surface area contributed by atoms with Gasteiger partial charge in [-0.2, -0.15) is 13.2 Å². The van der Waals surface area contributed by atoms with E-state index in [1.54, 1.807) is 20.8 Å². The maximum atomic E-state index is 12.2. The lowest BCUT2D eigenvalue weighted by molar-refractivity contribution is -0.0952. The summed E-state index contributed by atoms with van der Waals surface area (Å²) in [6.07, 6.45) is -2.31. The van der Waals surface area contributed by atoms with Gasteiger partial charge in [-0.05, 0) is 18.8 Å². The molecule has 0 aliphatic carbocycles. The van der Waals surface area contributed by atoms with Crippen LogP contribution in [0.3, 0.4) is 0 Å². The molecular formula is C9H15F3. The van der Waals surface area contributed by atoms with Crippen molar-refractivity contribution in [3.05, 3.63) is 11.6 Å². The van der Waals surface area contributed by atoms with Gasteiger partial charge in [0.15, 0.2) is 0 Å². The quantitative estimate of drug-likeness (QED) is 0.577. The van der Waals surface area contributed by atoms with Crippen LogP contribution < -0.4 is 0 Å². The van der Waals surface area contributed by atoms with Gasteiger partial charge in [0.2, 0.25) is 0 Å². The lowest BCUT2D eigenvalue weighted by atomic mass is 10.0. The zero-order valence-corrected chi connectivity index (χ0v) is 7.70. The summed E-state index contributed by atoms with van der Waals surface area (Å²) < 4.78 is 36.6. The number of allylic oxidation sites excluding steroid dienone is 2. The molecule has 0 radical (unpaired) electrons. The van der Waals surface area contributed by atoms with Crippen LogP contribution in [-0.2, 0) is 0 Å². The van der Waals surface area contributed by atoms with E-state index >= 15 is 0 Å². The van der Waals surface area contributed by atoms with Crippen LogP contribution in [0.25, 0.3) is 0 Å². The van der Waals surface area contributed by atoms with Crippen molar-refractivity contribution in [2.24, 2.45) is 5.92 Å². The number of hydrogen-bond donors (Lipinski definition) is 0. The van der Waals surface area contributed by atoms with Crippen LogP contribution >= 0.6 is 0 Å². The predicted molar refractivity (Wildman–Crippen MR) is 43.9 cm³/mol. The highest BCUT2D eigenvalue weighted by Gasteiger charge is 2.32. The van der Waals surface area contributed by atoms with Gasteiger partial charge in [-0.3, -0.25) is 0 Å². The normalized spacial score (nSPS) is 14.1. The molecule has 0 fully saturated rings. The SMILES string of the molecule is CC/C=C(\CC(C)C)C(F)(F)F. The summed E-state index contributed by atoms with van der Waals surface area (Å²) in [7, 11) is 0. The minimum Gasteiger partial charge on any atom is -0.166 e. The van der Waals surface area contributed by atoms with Crippen molar-refractivity contribution in [2.75, 3.05) is 0 Å². The van der Waals surface area contributed by atoms with E-state index in [0.717, 1.165) is 0 Å². The highest BCUT2D eigenvalue weighted by molar-refractivity contribution is 5.08. The standard InChI is InChI=1S/C9H15F3/c1-4-5-8(6-7(2)3)9(10,11)12/h5,7H,4,6H2,1-3H3/b8-5+. The van der Waals surface area contributed by atoms with E-state index in [1.165, 1.54) is 6.08 Å². The number of hydrogen-bond acceptors (Lipinski definition) is 0. The summed E-state index contributed by atoms with van der Waals surface area (Å²) in [6.45, 7) is 5.29. The minimum absolute atomic E-state index is 0.0597. The third kappa shape index (κ3) is 4.42. The first kappa shape index (κ1) is 11.5. The van der Waals surface area contributed by atoms with Crippen molar-refractivity contribution >= 4 is 0 Å². The Bertz CT molecular complexity index is 154. The summed E-state index contributed by atoms with van der Waals surface area (Å²) in [5, 5.41) is 0. The number of rotatable bonds is 3. The molecule has 0 aliphatic heterocycles. The second-order valence-electron chi connectivity index (χ2n) is 3.23. The summed E-state index contributed by atoms with van der Waals surface area (Å²) in [4.78, 5) is 0. The van der Waals surface area contributed by atoms with Crippen molar-refractivity contribution in [1.29, 1.82) is 0 Å². The Morgan fingerprint density at radius 3 is 2.08 bits per heavy atom. The van der Waals surface area contributed by atoms with Crippen LogP contribution in [0, 0.1) is 5.92 Å². The van der Waals surface area contributed by atoms with Gasteiger partial charge in [0.1, 0.15) is 0 Å². The number of halogens is 3. The van der Waals surface area contributed by atoms with E-state index in [4.69, 9.17) is 0 Å². The molecule has 72 valence electrons. The second-order valence-corrected chi connectivity index (χ2v) is 3.23. The summed E-state index contributed by atoms with van der Waals surface area (Å²) >= 11 is 0. The van der Waals surface area contributed by atoms with Crippen LogP contribution in [0.1, 0.15) is 33.6 Å². The Morgan fingerprint density at radius 1 is 1.33 bits per heavy atom. The average molecular weight is 180 g/mol. The van der Waals surface area contributed by atoms with E-state index in [-0.39, 0.29) is 17.9 Å². The Hall–Kier alpha value is -0.470. The average Bonchev–Trinajstić information content (AvgIpc) is 1.83. The third-order valence-corrected chi connectivity index (χ3v) is 1.44. The highest BCUT2D eigenvalue weighted by Crippen LogP contribution is 2.30. The molecule has 0 aromatic rings. The van der Waals surface area contributed by atoms with Crippen LogP contribution in [0.15, 0.2) is 11.6 Å². The van der Waals surface area contributed by atoms with Crippen molar-refractivity contribution < 1.29 is 13.2 Å². The van der Waals surface area contributed by atoms with E-state index < -0.39 is 6.18 Å². The van der Waals surface area contributed by atoms with Gasteiger partial charge >= 0.3 is 6.18 Å². The van der Waals surface area contributed by atoms with E-state index in [9.17, 15) is 13.2 Å². The Balaban J connectivity index is 4.35. The molecule has 12 heavy (non-hydrogen) atoms. The molecule has 0 aromatic carbocycles. The fourth-order valence-electron chi connectivity index (χ4n) is 1.00. The smallest absolute Gasteiger partial charge is 0.166 e. The lowest BCUT2D eigenvalue weighted by Gasteiger charge is -2.13.